The van der Waals surface area contributed by atoms with Crippen LogP contribution in [0.25, 0.3) is 0 Å². The van der Waals surface area contributed by atoms with Gasteiger partial charge in [0.1, 0.15) is 0 Å². The summed E-state index contributed by atoms with van der Waals surface area (Å²) < 4.78 is 23.3. The fraction of sp³-hybridized carbons (Fsp3) is 0.800. The maximum Gasteiger partial charge on any atom is 0.303 e. The molecule has 1 aliphatic rings. The highest BCUT2D eigenvalue weighted by molar-refractivity contribution is 7.86. The highest BCUT2D eigenvalue weighted by Gasteiger charge is 2.25. The monoisotopic (exact) mass is 293 g/mol. The molecule has 0 bridgehead atoms. The van der Waals surface area contributed by atoms with E-state index in [1.165, 1.54) is 0 Å². The number of hydrogen-bond acceptors (Lipinski definition) is 4. The Balaban J connectivity index is 2.27. The smallest absolute Gasteiger partial charge is 0.303 e. The minimum absolute atomic E-state index is 0.0620. The van der Waals surface area contributed by atoms with Crippen LogP contribution in [0.1, 0.15) is 25.7 Å². The first-order chi connectivity index (χ1) is 8.80. The van der Waals surface area contributed by atoms with Crippen LogP contribution < -0.4 is 5.14 Å². The quantitative estimate of drug-likeness (QED) is 0.607. The molecule has 1 heterocycles. The predicted octanol–water partition coefficient (Wildman–Crippen LogP) is -1.02. The summed E-state index contributed by atoms with van der Waals surface area (Å²) in [4.78, 5) is 23.7. The number of nitrogens with two attached hydrogens (primary N) is 1. The van der Waals surface area contributed by atoms with Crippen LogP contribution in [0.4, 0.5) is 0 Å². The maximum absolute atomic E-state index is 11.8. The number of carboxylic acids is 1. The van der Waals surface area contributed by atoms with Crippen molar-refractivity contribution in [2.45, 2.75) is 25.7 Å². The Bertz CT molecular complexity index is 428. The van der Waals surface area contributed by atoms with Crippen LogP contribution in [0, 0.1) is 0 Å². The number of nitrogens with zero attached hydrogens (tertiary/aromatic N) is 2. The fourth-order valence-electron chi connectivity index (χ4n) is 1.90. The van der Waals surface area contributed by atoms with Crippen molar-refractivity contribution < 1.29 is 23.1 Å². The molecule has 0 unspecified atom stereocenters. The fourth-order valence-corrected chi connectivity index (χ4v) is 2.57. The van der Waals surface area contributed by atoms with E-state index in [1.54, 1.807) is 4.90 Å². The summed E-state index contributed by atoms with van der Waals surface area (Å²) in [5, 5.41) is 13.5. The molecule has 0 aromatic rings. The molecule has 1 rings (SSSR count). The molecule has 8 nitrogen and oxygen atoms in total. The van der Waals surface area contributed by atoms with Crippen molar-refractivity contribution in [1.29, 1.82) is 0 Å². The van der Waals surface area contributed by atoms with Gasteiger partial charge in [0, 0.05) is 39.0 Å². The maximum atomic E-state index is 11.8. The van der Waals surface area contributed by atoms with Gasteiger partial charge >= 0.3 is 5.97 Å². The molecular formula is C10H19N3O5S. The van der Waals surface area contributed by atoms with Gasteiger partial charge in [0.25, 0.3) is 10.2 Å². The van der Waals surface area contributed by atoms with Gasteiger partial charge in [-0.3, -0.25) is 9.59 Å². The molecule has 0 spiro atoms. The average molecular weight is 293 g/mol. The van der Waals surface area contributed by atoms with Gasteiger partial charge < -0.3 is 10.0 Å². The minimum Gasteiger partial charge on any atom is -0.481 e. The zero-order valence-electron chi connectivity index (χ0n) is 10.6. The molecule has 0 atom stereocenters. The van der Waals surface area contributed by atoms with Crippen LogP contribution in [0.3, 0.4) is 0 Å². The lowest BCUT2D eigenvalue weighted by atomic mass is 10.1. The van der Waals surface area contributed by atoms with E-state index in [0.29, 0.717) is 32.4 Å². The number of unbranched alkanes of at least 4 members (excludes halogenated alkanes) is 1. The lowest BCUT2D eigenvalue weighted by Crippen LogP contribution is -2.52. The van der Waals surface area contributed by atoms with E-state index in [-0.39, 0.29) is 25.4 Å². The van der Waals surface area contributed by atoms with Crippen molar-refractivity contribution in [3.63, 3.8) is 0 Å². The summed E-state index contributed by atoms with van der Waals surface area (Å²) in [6, 6.07) is 0. The second-order valence-electron chi connectivity index (χ2n) is 4.43. The van der Waals surface area contributed by atoms with Crippen molar-refractivity contribution >= 4 is 22.1 Å². The number of aliphatic carboxylic acids is 1. The number of carboxylic acid groups (broad SMARTS) is 1. The van der Waals surface area contributed by atoms with Crippen LogP contribution in [0.5, 0.6) is 0 Å². The number of amides is 1. The van der Waals surface area contributed by atoms with Gasteiger partial charge in [-0.2, -0.15) is 12.7 Å². The summed E-state index contributed by atoms with van der Waals surface area (Å²) in [6.45, 7) is 1.07. The number of rotatable bonds is 6. The van der Waals surface area contributed by atoms with Crippen LogP contribution in [0.2, 0.25) is 0 Å². The summed E-state index contributed by atoms with van der Waals surface area (Å²) in [5.74, 6) is -0.936. The minimum atomic E-state index is -3.68. The van der Waals surface area contributed by atoms with Gasteiger partial charge in [0.15, 0.2) is 0 Å². The van der Waals surface area contributed by atoms with Gasteiger partial charge in [0.2, 0.25) is 5.91 Å². The second kappa shape index (κ2) is 6.83. The Labute approximate surface area is 112 Å². The van der Waals surface area contributed by atoms with Gasteiger partial charge in [-0.15, -0.1) is 0 Å². The first kappa shape index (κ1) is 15.9. The van der Waals surface area contributed by atoms with E-state index in [9.17, 15) is 18.0 Å². The summed E-state index contributed by atoms with van der Waals surface area (Å²) in [7, 11) is -3.68. The number of carbonyl (C=O) groups is 2. The van der Waals surface area contributed by atoms with Crippen molar-refractivity contribution in [2.24, 2.45) is 5.14 Å². The van der Waals surface area contributed by atoms with Crippen LogP contribution in [-0.4, -0.2) is 60.8 Å². The topological polar surface area (TPSA) is 121 Å². The molecule has 1 fully saturated rings. The molecule has 9 heteroatoms. The van der Waals surface area contributed by atoms with Crippen molar-refractivity contribution in [1.82, 2.24) is 9.21 Å². The third-order valence-corrected chi connectivity index (χ3v) is 4.07. The average Bonchev–Trinajstić information content (AvgIpc) is 2.33. The number of hydrogen-bond donors (Lipinski definition) is 2. The molecule has 0 radical (unpaired) electrons. The summed E-state index contributed by atoms with van der Waals surface area (Å²) >= 11 is 0. The van der Waals surface area contributed by atoms with Crippen molar-refractivity contribution in [3.05, 3.63) is 0 Å². The summed E-state index contributed by atoms with van der Waals surface area (Å²) in [6.07, 6.45) is 1.36. The molecule has 1 saturated heterocycles. The molecular weight excluding hydrogens is 274 g/mol. The highest BCUT2D eigenvalue weighted by Crippen LogP contribution is 2.08. The van der Waals surface area contributed by atoms with Gasteiger partial charge in [0.05, 0.1) is 0 Å². The van der Waals surface area contributed by atoms with E-state index in [0.717, 1.165) is 4.31 Å². The lowest BCUT2D eigenvalue weighted by molar-refractivity contribution is -0.137. The molecule has 0 aliphatic carbocycles. The Kier molecular flexibility index (Phi) is 5.70. The normalized spacial score (nSPS) is 17.4. The molecule has 0 aromatic heterocycles. The molecule has 0 aromatic carbocycles. The molecule has 1 amide bonds. The van der Waals surface area contributed by atoms with E-state index in [1.807, 2.05) is 0 Å². The van der Waals surface area contributed by atoms with E-state index >= 15 is 0 Å². The standard InChI is InChI=1S/C10H19N3O5S/c11-19(17,18)13-7-5-12(6-8-13)9(14)3-1-2-4-10(15)16/h1-8H2,(H,15,16)(H2,11,17,18). The van der Waals surface area contributed by atoms with Crippen molar-refractivity contribution in [2.75, 3.05) is 26.2 Å². The lowest BCUT2D eigenvalue weighted by Gasteiger charge is -2.33. The predicted molar refractivity (Wildman–Crippen MR) is 67.4 cm³/mol. The number of carbonyl (C=O) groups excluding carboxylic acids is 1. The van der Waals surface area contributed by atoms with E-state index in [2.05, 4.69) is 0 Å². The Morgan fingerprint density at radius 2 is 1.58 bits per heavy atom. The molecule has 1 aliphatic heterocycles. The molecule has 110 valence electrons. The largest absolute Gasteiger partial charge is 0.481 e. The Hall–Kier alpha value is -1.19. The molecule has 3 N–H and O–H groups in total. The van der Waals surface area contributed by atoms with Crippen molar-refractivity contribution in [3.8, 4) is 0 Å². The first-order valence-corrected chi connectivity index (χ1v) is 7.58. The van der Waals surface area contributed by atoms with Crippen LogP contribution in [-0.2, 0) is 19.8 Å². The van der Waals surface area contributed by atoms with E-state index < -0.39 is 16.2 Å². The van der Waals surface area contributed by atoms with Gasteiger partial charge in [-0.1, -0.05) is 0 Å². The van der Waals surface area contributed by atoms with Gasteiger partial charge in [-0.05, 0) is 12.8 Å². The van der Waals surface area contributed by atoms with E-state index in [4.69, 9.17) is 10.2 Å². The number of piperazine rings is 1. The SMILES string of the molecule is NS(=O)(=O)N1CCN(C(=O)CCCCC(=O)O)CC1. The van der Waals surface area contributed by atoms with Crippen LogP contribution >= 0.6 is 0 Å². The second-order valence-corrected chi connectivity index (χ2v) is 5.97. The van der Waals surface area contributed by atoms with Crippen LogP contribution in [0.15, 0.2) is 0 Å². The first-order valence-electron chi connectivity index (χ1n) is 6.08. The third kappa shape index (κ3) is 5.53. The molecule has 19 heavy (non-hydrogen) atoms. The highest BCUT2D eigenvalue weighted by atomic mass is 32.2. The van der Waals surface area contributed by atoms with Gasteiger partial charge in [-0.25, -0.2) is 5.14 Å². The molecule has 0 saturated carbocycles. The Morgan fingerprint density at radius 1 is 1.05 bits per heavy atom. The summed E-state index contributed by atoms with van der Waals surface area (Å²) in [5.41, 5.74) is 0. The third-order valence-electron chi connectivity index (χ3n) is 2.98. The Morgan fingerprint density at radius 3 is 2.05 bits per heavy atom. The zero-order chi connectivity index (χ0) is 14.5. The zero-order valence-corrected chi connectivity index (χ0v) is 11.4.